The molecule has 1 N–H and O–H groups in total. The normalized spacial score (nSPS) is 14.5. The fraction of sp³-hybridized carbons (Fsp3) is 0.240. The van der Waals surface area contributed by atoms with Crippen molar-refractivity contribution in [1.82, 2.24) is 4.31 Å². The quantitative estimate of drug-likeness (QED) is 0.508. The predicted octanol–water partition coefficient (Wildman–Crippen LogP) is 4.18. The van der Waals surface area contributed by atoms with E-state index >= 15 is 0 Å². The summed E-state index contributed by atoms with van der Waals surface area (Å²) >= 11 is 5.98. The van der Waals surface area contributed by atoms with Gasteiger partial charge in [0.15, 0.2) is 0 Å². The van der Waals surface area contributed by atoms with Gasteiger partial charge in [-0.25, -0.2) is 12.8 Å². The number of carbonyl (C=O) groups is 1. The van der Waals surface area contributed by atoms with Gasteiger partial charge in [0, 0.05) is 42.5 Å². The van der Waals surface area contributed by atoms with Gasteiger partial charge in [0.1, 0.15) is 11.6 Å². The number of piperazine rings is 1. The minimum Gasteiger partial charge on any atom is -0.495 e. The summed E-state index contributed by atoms with van der Waals surface area (Å²) in [6.45, 7) is 1.74. The van der Waals surface area contributed by atoms with E-state index in [-0.39, 0.29) is 21.9 Å². The van der Waals surface area contributed by atoms with E-state index in [1.54, 1.807) is 7.11 Å². The molecule has 1 saturated heterocycles. The van der Waals surface area contributed by atoms with E-state index in [1.165, 1.54) is 46.8 Å². The van der Waals surface area contributed by atoms with E-state index in [0.29, 0.717) is 31.9 Å². The Morgan fingerprint density at radius 2 is 1.69 bits per heavy atom. The van der Waals surface area contributed by atoms with Crippen LogP contribution in [0.4, 0.5) is 15.8 Å². The van der Waals surface area contributed by atoms with Crippen LogP contribution in [0.15, 0.2) is 71.6 Å². The number of ether oxygens (including phenoxy) is 1. The van der Waals surface area contributed by atoms with Crippen molar-refractivity contribution in [2.24, 2.45) is 0 Å². The Morgan fingerprint density at radius 3 is 2.34 bits per heavy atom. The van der Waals surface area contributed by atoms with Crippen LogP contribution in [0.3, 0.4) is 0 Å². The number of methoxy groups -OCH3 is 1. The van der Waals surface area contributed by atoms with Crippen LogP contribution < -0.4 is 15.0 Å². The number of carbonyl (C=O) groups excluding carboxylic acids is 1. The number of benzene rings is 3. The van der Waals surface area contributed by atoms with Gasteiger partial charge >= 0.3 is 0 Å². The van der Waals surface area contributed by atoms with Gasteiger partial charge in [-0.05, 0) is 48.5 Å². The molecule has 0 atom stereocenters. The van der Waals surface area contributed by atoms with Crippen LogP contribution in [0.5, 0.6) is 5.75 Å². The molecule has 1 amide bonds. The van der Waals surface area contributed by atoms with Crippen molar-refractivity contribution in [3.8, 4) is 5.75 Å². The number of para-hydroxylation sites is 2. The van der Waals surface area contributed by atoms with Crippen LogP contribution in [0, 0.1) is 5.82 Å². The molecule has 35 heavy (non-hydrogen) atoms. The van der Waals surface area contributed by atoms with Crippen molar-refractivity contribution in [3.05, 3.63) is 83.1 Å². The van der Waals surface area contributed by atoms with E-state index in [4.69, 9.17) is 16.3 Å². The van der Waals surface area contributed by atoms with Crippen molar-refractivity contribution >= 4 is 38.9 Å². The van der Waals surface area contributed by atoms with Crippen LogP contribution in [0.25, 0.3) is 0 Å². The lowest BCUT2D eigenvalue weighted by molar-refractivity contribution is -0.115. The SMILES string of the molecule is COc1ccccc1N1CCN(S(=O)(=O)c2ccc(NC(=O)Cc3c(F)cccc3Cl)cc2)CC1. The van der Waals surface area contributed by atoms with Gasteiger partial charge in [-0.1, -0.05) is 29.8 Å². The minimum absolute atomic E-state index is 0.109. The fourth-order valence-electron chi connectivity index (χ4n) is 3.99. The van der Waals surface area contributed by atoms with E-state index < -0.39 is 21.7 Å². The largest absolute Gasteiger partial charge is 0.495 e. The first-order valence-electron chi connectivity index (χ1n) is 11.0. The first kappa shape index (κ1) is 25.0. The number of anilines is 2. The molecule has 7 nitrogen and oxygen atoms in total. The molecule has 1 heterocycles. The molecule has 0 saturated carbocycles. The number of hydrogen-bond acceptors (Lipinski definition) is 5. The summed E-state index contributed by atoms with van der Waals surface area (Å²) in [5.74, 6) is -0.265. The highest BCUT2D eigenvalue weighted by atomic mass is 35.5. The third-order valence-corrected chi connectivity index (χ3v) is 8.11. The van der Waals surface area contributed by atoms with Gasteiger partial charge in [0.05, 0.1) is 24.1 Å². The minimum atomic E-state index is -3.69. The second kappa shape index (κ2) is 10.6. The Bertz CT molecular complexity index is 1290. The highest BCUT2D eigenvalue weighted by molar-refractivity contribution is 7.89. The Morgan fingerprint density at radius 1 is 1.00 bits per heavy atom. The second-order valence-corrected chi connectivity index (χ2v) is 10.4. The maximum Gasteiger partial charge on any atom is 0.243 e. The van der Waals surface area contributed by atoms with Crippen molar-refractivity contribution in [3.63, 3.8) is 0 Å². The topological polar surface area (TPSA) is 79.0 Å². The summed E-state index contributed by atoms with van der Waals surface area (Å²) in [5, 5.41) is 2.82. The Hall–Kier alpha value is -3.14. The van der Waals surface area contributed by atoms with Crippen LogP contribution in [-0.2, 0) is 21.2 Å². The van der Waals surface area contributed by atoms with Gasteiger partial charge in [-0.2, -0.15) is 4.31 Å². The van der Waals surface area contributed by atoms with Crippen molar-refractivity contribution in [2.45, 2.75) is 11.3 Å². The monoisotopic (exact) mass is 517 g/mol. The Balaban J connectivity index is 1.38. The molecule has 1 aliphatic heterocycles. The lowest BCUT2D eigenvalue weighted by atomic mass is 10.1. The molecule has 0 unspecified atom stereocenters. The third-order valence-electron chi connectivity index (χ3n) is 5.84. The molecule has 3 aromatic carbocycles. The lowest BCUT2D eigenvalue weighted by Crippen LogP contribution is -2.48. The summed E-state index contributed by atoms with van der Waals surface area (Å²) in [7, 11) is -2.08. The van der Waals surface area contributed by atoms with Gasteiger partial charge in [0.2, 0.25) is 15.9 Å². The molecule has 0 aromatic heterocycles. The van der Waals surface area contributed by atoms with Gasteiger partial charge in [0.25, 0.3) is 0 Å². The van der Waals surface area contributed by atoms with Crippen molar-refractivity contribution in [2.75, 3.05) is 43.5 Å². The van der Waals surface area contributed by atoms with Crippen LogP contribution in [0.2, 0.25) is 5.02 Å². The van der Waals surface area contributed by atoms with E-state index in [0.717, 1.165) is 11.4 Å². The number of amides is 1. The number of nitrogens with zero attached hydrogens (tertiary/aromatic N) is 2. The molecular weight excluding hydrogens is 493 g/mol. The lowest BCUT2D eigenvalue weighted by Gasteiger charge is -2.35. The fourth-order valence-corrected chi connectivity index (χ4v) is 5.64. The maximum atomic E-state index is 13.9. The third kappa shape index (κ3) is 5.58. The summed E-state index contributed by atoms with van der Waals surface area (Å²) < 4.78 is 47.1. The van der Waals surface area contributed by atoms with Crippen LogP contribution in [-0.4, -0.2) is 51.9 Å². The van der Waals surface area contributed by atoms with Crippen molar-refractivity contribution in [1.29, 1.82) is 0 Å². The Labute approximate surface area is 209 Å². The number of hydrogen-bond donors (Lipinski definition) is 1. The number of halogens is 2. The zero-order chi connectivity index (χ0) is 25.0. The second-order valence-electron chi connectivity index (χ2n) is 8.01. The highest BCUT2D eigenvalue weighted by Gasteiger charge is 2.29. The molecule has 4 rings (SSSR count). The number of nitrogens with one attached hydrogen (secondary N) is 1. The Kier molecular flexibility index (Phi) is 7.59. The summed E-state index contributed by atoms with van der Waals surface area (Å²) in [4.78, 5) is 14.6. The summed E-state index contributed by atoms with van der Waals surface area (Å²) in [6, 6.07) is 17.8. The average Bonchev–Trinajstić information content (AvgIpc) is 2.87. The van der Waals surface area contributed by atoms with E-state index in [2.05, 4.69) is 10.2 Å². The number of sulfonamides is 1. The smallest absolute Gasteiger partial charge is 0.243 e. The molecule has 0 aliphatic carbocycles. The van der Waals surface area contributed by atoms with Gasteiger partial charge in [-0.3, -0.25) is 4.79 Å². The van der Waals surface area contributed by atoms with Crippen LogP contribution in [0.1, 0.15) is 5.56 Å². The highest BCUT2D eigenvalue weighted by Crippen LogP contribution is 2.29. The average molecular weight is 518 g/mol. The van der Waals surface area contributed by atoms with Crippen molar-refractivity contribution < 1.29 is 22.3 Å². The summed E-state index contributed by atoms with van der Waals surface area (Å²) in [6.07, 6.45) is -0.234. The molecular formula is C25H25ClFN3O4S. The van der Waals surface area contributed by atoms with Gasteiger partial charge < -0.3 is 15.0 Å². The first-order chi connectivity index (χ1) is 16.8. The van der Waals surface area contributed by atoms with E-state index in [9.17, 15) is 17.6 Å². The molecule has 1 fully saturated rings. The zero-order valence-electron chi connectivity index (χ0n) is 19.1. The molecule has 0 bridgehead atoms. The van der Waals surface area contributed by atoms with Gasteiger partial charge in [-0.15, -0.1) is 0 Å². The van der Waals surface area contributed by atoms with Crippen LogP contribution >= 0.6 is 11.6 Å². The van der Waals surface area contributed by atoms with E-state index in [1.807, 2.05) is 24.3 Å². The molecule has 1 aliphatic rings. The molecule has 0 radical (unpaired) electrons. The molecule has 0 spiro atoms. The molecule has 10 heteroatoms. The standard InChI is InChI=1S/C25H25ClFN3O4S/c1-34-24-8-3-2-7-23(24)29-13-15-30(16-14-29)35(32,33)19-11-9-18(10-12-19)28-25(31)17-20-21(26)5-4-6-22(20)27/h2-12H,13-17H2,1H3,(H,28,31). The maximum absolute atomic E-state index is 13.9. The zero-order valence-corrected chi connectivity index (χ0v) is 20.7. The summed E-state index contributed by atoms with van der Waals surface area (Å²) in [5.41, 5.74) is 1.45. The predicted molar refractivity (Wildman–Crippen MR) is 134 cm³/mol. The molecule has 184 valence electrons. The molecule has 3 aromatic rings. The number of rotatable bonds is 7. The first-order valence-corrected chi connectivity index (χ1v) is 12.8.